The van der Waals surface area contributed by atoms with Crippen LogP contribution < -0.4 is 5.43 Å². The molecule has 3 aliphatic rings. The molecule has 0 bridgehead atoms. The summed E-state index contributed by atoms with van der Waals surface area (Å²) in [5, 5.41) is 13.7. The molecule has 0 saturated carbocycles. The van der Waals surface area contributed by atoms with Crippen molar-refractivity contribution in [1.82, 2.24) is 5.43 Å². The van der Waals surface area contributed by atoms with Crippen molar-refractivity contribution >= 4 is 12.1 Å². The van der Waals surface area contributed by atoms with Crippen LogP contribution in [-0.2, 0) is 28.5 Å². The van der Waals surface area contributed by atoms with Crippen molar-refractivity contribution in [1.29, 1.82) is 0 Å². The van der Waals surface area contributed by atoms with Crippen LogP contribution >= 0.6 is 0 Å². The monoisotopic (exact) mass is 392 g/mol. The lowest BCUT2D eigenvalue weighted by molar-refractivity contribution is -0.231. The Morgan fingerprint density at radius 1 is 1.04 bits per heavy atom. The molecule has 0 radical (unpaired) electrons. The molecule has 1 aromatic carbocycles. The molecule has 0 spiro atoms. The van der Waals surface area contributed by atoms with Crippen LogP contribution in [0, 0.1) is 0 Å². The maximum absolute atomic E-state index is 12.7. The number of amides is 1. The lowest BCUT2D eigenvalue weighted by Crippen LogP contribution is -2.59. The second-order valence-corrected chi connectivity index (χ2v) is 7.88. The summed E-state index contributed by atoms with van der Waals surface area (Å²) in [6.07, 6.45) is -2.10. The van der Waals surface area contributed by atoms with Crippen LogP contribution in [0.25, 0.3) is 0 Å². The standard InChI is InChI=1S/C19H24N2O7/c1-18(2)25-12-13(26-18)15-17(28-19(3,4)27-15)24-14(12)16(23)21-20-9-10-7-5-6-8-11(10)22/h5-9,12-15,17,22H,1-4H3,(H,21,23)/b20-9+/t12-,13-,14+,15+,17-/m0/s1. The summed E-state index contributed by atoms with van der Waals surface area (Å²) < 4.78 is 29.4. The van der Waals surface area contributed by atoms with Gasteiger partial charge in [0.25, 0.3) is 5.91 Å². The van der Waals surface area contributed by atoms with E-state index < -0.39 is 48.2 Å². The highest BCUT2D eigenvalue weighted by Gasteiger charge is 2.62. The first kappa shape index (κ1) is 19.3. The highest BCUT2D eigenvalue weighted by Crippen LogP contribution is 2.44. The number of hydrazone groups is 1. The number of fused-ring (bicyclic) bond motifs is 3. The van der Waals surface area contributed by atoms with Crippen molar-refractivity contribution in [2.75, 3.05) is 0 Å². The van der Waals surface area contributed by atoms with Crippen molar-refractivity contribution in [2.24, 2.45) is 5.10 Å². The van der Waals surface area contributed by atoms with Crippen LogP contribution in [0.3, 0.4) is 0 Å². The second-order valence-electron chi connectivity index (χ2n) is 7.88. The topological polar surface area (TPSA) is 108 Å². The quantitative estimate of drug-likeness (QED) is 0.589. The smallest absolute Gasteiger partial charge is 0.272 e. The highest BCUT2D eigenvalue weighted by atomic mass is 16.9. The minimum Gasteiger partial charge on any atom is -0.507 e. The molecular weight excluding hydrogens is 368 g/mol. The fourth-order valence-corrected chi connectivity index (χ4v) is 3.65. The number of rotatable bonds is 3. The van der Waals surface area contributed by atoms with Gasteiger partial charge >= 0.3 is 0 Å². The minimum absolute atomic E-state index is 0.0605. The summed E-state index contributed by atoms with van der Waals surface area (Å²) in [7, 11) is 0. The molecule has 3 heterocycles. The van der Waals surface area contributed by atoms with E-state index in [2.05, 4.69) is 10.5 Å². The van der Waals surface area contributed by atoms with Gasteiger partial charge in [0.05, 0.1) is 6.21 Å². The third-order valence-corrected chi connectivity index (χ3v) is 4.73. The van der Waals surface area contributed by atoms with Crippen molar-refractivity contribution in [3.63, 3.8) is 0 Å². The fraction of sp³-hybridized carbons (Fsp3) is 0.579. The Balaban J connectivity index is 1.50. The van der Waals surface area contributed by atoms with Crippen molar-refractivity contribution < 1.29 is 33.6 Å². The average molecular weight is 392 g/mol. The first-order valence-corrected chi connectivity index (χ1v) is 9.13. The second kappa shape index (κ2) is 6.78. The molecule has 9 heteroatoms. The van der Waals surface area contributed by atoms with Crippen molar-refractivity contribution in [3.05, 3.63) is 29.8 Å². The number of hydrogen-bond donors (Lipinski definition) is 2. The van der Waals surface area contributed by atoms with Gasteiger partial charge in [-0.15, -0.1) is 0 Å². The third kappa shape index (κ3) is 3.63. The van der Waals surface area contributed by atoms with E-state index >= 15 is 0 Å². The van der Waals surface area contributed by atoms with Gasteiger partial charge in [-0.05, 0) is 39.8 Å². The van der Waals surface area contributed by atoms with E-state index in [0.29, 0.717) is 5.56 Å². The zero-order chi connectivity index (χ0) is 20.1. The molecule has 4 rings (SSSR count). The Labute approximate surface area is 162 Å². The number of aromatic hydroxyl groups is 1. The van der Waals surface area contributed by atoms with Crippen LogP contribution in [0.15, 0.2) is 29.4 Å². The van der Waals surface area contributed by atoms with Gasteiger partial charge in [0.1, 0.15) is 24.1 Å². The maximum Gasteiger partial charge on any atom is 0.272 e. The summed E-state index contributed by atoms with van der Waals surface area (Å²) in [6.45, 7) is 7.09. The van der Waals surface area contributed by atoms with Crippen LogP contribution in [-0.4, -0.2) is 59.5 Å². The zero-order valence-electron chi connectivity index (χ0n) is 16.1. The zero-order valence-corrected chi connectivity index (χ0v) is 16.1. The van der Waals surface area contributed by atoms with Gasteiger partial charge in [-0.1, -0.05) is 12.1 Å². The number of para-hydroxylation sites is 1. The maximum atomic E-state index is 12.7. The SMILES string of the molecule is CC1(C)O[C@@H]2O[C@@H](C(=O)N/N=C/c3ccccc3O)[C@H]3OC(C)(C)O[C@@H]3[C@H]2O1. The van der Waals surface area contributed by atoms with Gasteiger partial charge in [-0.25, -0.2) is 5.43 Å². The molecule has 0 unspecified atom stereocenters. The number of ether oxygens (including phenoxy) is 5. The van der Waals surface area contributed by atoms with Gasteiger partial charge in [0.2, 0.25) is 0 Å². The average Bonchev–Trinajstić information content (AvgIpc) is 3.09. The fourth-order valence-electron chi connectivity index (χ4n) is 3.65. The molecule has 2 N–H and O–H groups in total. The Hall–Kier alpha value is -2.04. The summed E-state index contributed by atoms with van der Waals surface area (Å²) in [4.78, 5) is 12.7. The van der Waals surface area contributed by atoms with E-state index in [9.17, 15) is 9.90 Å². The predicted molar refractivity (Wildman–Crippen MR) is 96.4 cm³/mol. The molecule has 3 saturated heterocycles. The summed E-state index contributed by atoms with van der Waals surface area (Å²) in [6, 6.07) is 6.65. The van der Waals surface area contributed by atoms with E-state index in [0.717, 1.165) is 0 Å². The normalized spacial score (nSPS) is 35.5. The Kier molecular flexibility index (Phi) is 4.67. The Morgan fingerprint density at radius 2 is 1.68 bits per heavy atom. The van der Waals surface area contributed by atoms with E-state index in [1.165, 1.54) is 12.3 Å². The molecule has 9 nitrogen and oxygen atoms in total. The number of hydrogen-bond acceptors (Lipinski definition) is 8. The van der Waals surface area contributed by atoms with Crippen LogP contribution in [0.2, 0.25) is 0 Å². The largest absolute Gasteiger partial charge is 0.507 e. The Bertz CT molecular complexity index is 794. The number of nitrogens with zero attached hydrogens (tertiary/aromatic N) is 1. The van der Waals surface area contributed by atoms with Crippen molar-refractivity contribution in [2.45, 2.75) is 70.0 Å². The number of carbonyl (C=O) groups is 1. The molecule has 0 aliphatic carbocycles. The highest BCUT2D eigenvalue weighted by molar-refractivity contribution is 5.86. The molecular formula is C19H24N2O7. The number of phenols is 1. The van der Waals surface area contributed by atoms with Crippen LogP contribution in [0.5, 0.6) is 5.75 Å². The van der Waals surface area contributed by atoms with Crippen LogP contribution in [0.1, 0.15) is 33.3 Å². The first-order chi connectivity index (χ1) is 13.2. The molecule has 152 valence electrons. The predicted octanol–water partition coefficient (Wildman–Crippen LogP) is 1.24. The first-order valence-electron chi connectivity index (χ1n) is 9.13. The molecule has 28 heavy (non-hydrogen) atoms. The van der Waals surface area contributed by atoms with Gasteiger partial charge < -0.3 is 28.8 Å². The van der Waals surface area contributed by atoms with Gasteiger partial charge in [0, 0.05) is 5.56 Å². The number of phenolic OH excluding ortho intramolecular Hbond substituents is 1. The number of nitrogens with one attached hydrogen (secondary N) is 1. The summed E-state index contributed by atoms with van der Waals surface area (Å²) in [5.41, 5.74) is 2.90. The van der Waals surface area contributed by atoms with E-state index in [1.54, 1.807) is 45.9 Å². The summed E-state index contributed by atoms with van der Waals surface area (Å²) >= 11 is 0. The van der Waals surface area contributed by atoms with E-state index in [1.807, 2.05) is 0 Å². The van der Waals surface area contributed by atoms with E-state index in [4.69, 9.17) is 23.7 Å². The van der Waals surface area contributed by atoms with Gasteiger partial charge in [-0.2, -0.15) is 5.10 Å². The number of benzene rings is 1. The lowest BCUT2D eigenvalue weighted by atomic mass is 9.98. The molecule has 1 aromatic rings. The lowest BCUT2D eigenvalue weighted by Gasteiger charge is -2.36. The molecule has 5 atom stereocenters. The van der Waals surface area contributed by atoms with E-state index in [-0.39, 0.29) is 5.75 Å². The van der Waals surface area contributed by atoms with Gasteiger partial charge in [0.15, 0.2) is 24.0 Å². The molecule has 0 aromatic heterocycles. The number of carbonyl (C=O) groups excluding carboxylic acids is 1. The third-order valence-electron chi connectivity index (χ3n) is 4.73. The Morgan fingerprint density at radius 3 is 2.43 bits per heavy atom. The molecule has 3 aliphatic heterocycles. The van der Waals surface area contributed by atoms with Crippen LogP contribution in [0.4, 0.5) is 0 Å². The molecule has 1 amide bonds. The molecule has 3 fully saturated rings. The van der Waals surface area contributed by atoms with Gasteiger partial charge in [-0.3, -0.25) is 4.79 Å². The van der Waals surface area contributed by atoms with Crippen molar-refractivity contribution in [3.8, 4) is 5.75 Å². The minimum atomic E-state index is -0.993. The summed E-state index contributed by atoms with van der Waals surface area (Å²) in [5.74, 6) is -2.19.